The number of nitrogens with zero attached hydrogens (tertiary/aromatic N) is 2. The molecule has 1 aromatic heterocycles. The zero-order valence-corrected chi connectivity index (χ0v) is 16.8. The molecule has 5 nitrogen and oxygen atoms in total. The van der Waals surface area contributed by atoms with Gasteiger partial charge in [-0.1, -0.05) is 0 Å². The lowest BCUT2D eigenvalue weighted by Gasteiger charge is -2.55. The number of hydrogen-bond donors (Lipinski definition) is 1. The number of alkyl halides is 3. The molecule has 8 heteroatoms. The number of likely N-dealkylation sites (tertiary alicyclic amines) is 1. The van der Waals surface area contributed by atoms with Gasteiger partial charge >= 0.3 is 6.18 Å². The first-order valence-electron chi connectivity index (χ1n) is 10.2. The second kappa shape index (κ2) is 6.86. The first-order valence-corrected chi connectivity index (χ1v) is 10.2. The number of halogens is 3. The average Bonchev–Trinajstić information content (AvgIpc) is 2.57. The summed E-state index contributed by atoms with van der Waals surface area (Å²) in [5.74, 6) is -0.282. The molecule has 2 aliphatic carbocycles. The van der Waals surface area contributed by atoms with Gasteiger partial charge in [-0.2, -0.15) is 13.2 Å². The molecule has 1 amide bonds. The maximum atomic E-state index is 13.2. The molecule has 3 fully saturated rings. The minimum absolute atomic E-state index is 0.0642. The van der Waals surface area contributed by atoms with Gasteiger partial charge in [0, 0.05) is 30.1 Å². The van der Waals surface area contributed by atoms with E-state index in [0.29, 0.717) is 44.5 Å². The van der Waals surface area contributed by atoms with Gasteiger partial charge in [-0.3, -0.25) is 4.79 Å². The summed E-state index contributed by atoms with van der Waals surface area (Å²) in [6.07, 6.45) is -0.754. The van der Waals surface area contributed by atoms with Crippen LogP contribution in [0.1, 0.15) is 56.7 Å². The van der Waals surface area contributed by atoms with Crippen molar-refractivity contribution in [3.8, 4) is 5.88 Å². The standard InChI is InChI=1S/C21H27F3N2O3/c1-13-3-4-16(21(22,23)24)17(25-13)29-15-5-7-20(8-6-15)11-26(12-20)18(27)14-9-19(2,28)10-14/h3-4,14-15,28H,5-12H2,1-2H3/t14-,19+. The Bertz CT molecular complexity index is 785. The van der Waals surface area contributed by atoms with Crippen LogP contribution in [0.4, 0.5) is 13.2 Å². The number of aliphatic hydroxyl groups is 1. The van der Waals surface area contributed by atoms with Gasteiger partial charge in [-0.05, 0) is 64.5 Å². The summed E-state index contributed by atoms with van der Waals surface area (Å²) < 4.78 is 45.3. The van der Waals surface area contributed by atoms with Crippen molar-refractivity contribution in [2.24, 2.45) is 11.3 Å². The molecule has 1 N–H and O–H groups in total. The molecule has 0 unspecified atom stereocenters. The maximum absolute atomic E-state index is 13.2. The third-order valence-electron chi connectivity index (χ3n) is 6.66. The molecular weight excluding hydrogens is 385 g/mol. The minimum atomic E-state index is -4.49. The van der Waals surface area contributed by atoms with E-state index in [1.54, 1.807) is 13.8 Å². The van der Waals surface area contributed by atoms with Gasteiger partial charge in [0.25, 0.3) is 0 Å². The van der Waals surface area contributed by atoms with E-state index in [-0.39, 0.29) is 29.2 Å². The largest absolute Gasteiger partial charge is 0.474 e. The van der Waals surface area contributed by atoms with Gasteiger partial charge in [-0.15, -0.1) is 0 Å². The van der Waals surface area contributed by atoms with Crippen LogP contribution in [0.3, 0.4) is 0 Å². The number of aromatic nitrogens is 1. The summed E-state index contributed by atoms with van der Waals surface area (Å²) in [6, 6.07) is 2.36. The summed E-state index contributed by atoms with van der Waals surface area (Å²) in [5, 5.41) is 9.82. The highest BCUT2D eigenvalue weighted by Crippen LogP contribution is 2.47. The van der Waals surface area contributed by atoms with E-state index in [2.05, 4.69) is 4.98 Å². The molecule has 29 heavy (non-hydrogen) atoms. The normalized spacial score (nSPS) is 29.3. The number of ether oxygens (including phenoxy) is 1. The first kappa shape index (κ1) is 20.4. The topological polar surface area (TPSA) is 62.7 Å². The first-order chi connectivity index (χ1) is 13.5. The molecule has 0 atom stereocenters. The van der Waals surface area contributed by atoms with Crippen LogP contribution >= 0.6 is 0 Å². The quantitative estimate of drug-likeness (QED) is 0.822. The Morgan fingerprint density at radius 2 is 1.86 bits per heavy atom. The van der Waals surface area contributed by atoms with Crippen LogP contribution in [0, 0.1) is 18.3 Å². The highest BCUT2D eigenvalue weighted by atomic mass is 19.4. The number of rotatable bonds is 3. The highest BCUT2D eigenvalue weighted by Gasteiger charge is 2.51. The van der Waals surface area contributed by atoms with Crippen molar-refractivity contribution in [3.63, 3.8) is 0 Å². The number of carbonyl (C=O) groups excluding carboxylic acids is 1. The molecule has 1 aromatic rings. The Morgan fingerprint density at radius 1 is 1.24 bits per heavy atom. The van der Waals surface area contributed by atoms with Crippen LogP contribution in [-0.4, -0.2) is 45.7 Å². The Hall–Kier alpha value is -1.83. The van der Waals surface area contributed by atoms with E-state index in [0.717, 1.165) is 18.9 Å². The van der Waals surface area contributed by atoms with E-state index in [1.165, 1.54) is 6.07 Å². The van der Waals surface area contributed by atoms with E-state index >= 15 is 0 Å². The van der Waals surface area contributed by atoms with E-state index < -0.39 is 17.3 Å². The van der Waals surface area contributed by atoms with Gasteiger partial charge in [0.1, 0.15) is 11.7 Å². The molecule has 1 aliphatic heterocycles. The molecule has 2 saturated carbocycles. The summed E-state index contributed by atoms with van der Waals surface area (Å²) in [6.45, 7) is 4.80. The average molecular weight is 412 g/mol. The fourth-order valence-corrected chi connectivity index (χ4v) is 4.99. The maximum Gasteiger partial charge on any atom is 0.421 e. The Morgan fingerprint density at radius 3 is 2.41 bits per heavy atom. The van der Waals surface area contributed by atoms with Crippen LogP contribution in [-0.2, 0) is 11.0 Å². The van der Waals surface area contributed by atoms with Crippen molar-refractivity contribution >= 4 is 5.91 Å². The van der Waals surface area contributed by atoms with E-state index in [1.807, 2.05) is 4.90 Å². The molecule has 160 valence electrons. The Balaban J connectivity index is 1.30. The molecule has 0 radical (unpaired) electrons. The monoisotopic (exact) mass is 412 g/mol. The smallest absolute Gasteiger partial charge is 0.421 e. The lowest BCUT2D eigenvalue weighted by molar-refractivity contribution is -0.164. The van der Waals surface area contributed by atoms with Gasteiger partial charge < -0.3 is 14.7 Å². The van der Waals surface area contributed by atoms with Crippen molar-refractivity contribution in [1.82, 2.24) is 9.88 Å². The van der Waals surface area contributed by atoms with E-state index in [9.17, 15) is 23.1 Å². The van der Waals surface area contributed by atoms with Crippen LogP contribution in [0.15, 0.2) is 12.1 Å². The fraction of sp³-hybridized carbons (Fsp3) is 0.714. The zero-order chi connectivity index (χ0) is 21.0. The highest BCUT2D eigenvalue weighted by molar-refractivity contribution is 5.81. The summed E-state index contributed by atoms with van der Waals surface area (Å²) in [4.78, 5) is 18.3. The Kier molecular flexibility index (Phi) is 4.83. The molecule has 1 saturated heterocycles. The zero-order valence-electron chi connectivity index (χ0n) is 16.8. The minimum Gasteiger partial charge on any atom is -0.474 e. The number of amides is 1. The van der Waals surface area contributed by atoms with E-state index in [4.69, 9.17) is 4.74 Å². The van der Waals surface area contributed by atoms with Crippen molar-refractivity contribution in [2.45, 2.75) is 70.3 Å². The SMILES string of the molecule is Cc1ccc(C(F)(F)F)c(OC2CCC3(CC2)CN(C(=O)[C@H]2C[C@@](C)(O)C2)C3)n1. The summed E-state index contributed by atoms with van der Waals surface area (Å²) in [5.41, 5.74) is -0.991. The molecule has 4 rings (SSSR count). The second-order valence-electron chi connectivity index (χ2n) is 9.42. The number of carbonyl (C=O) groups is 1. The molecule has 2 heterocycles. The van der Waals surface area contributed by atoms with Gasteiger partial charge in [0.05, 0.1) is 5.60 Å². The van der Waals surface area contributed by atoms with Crippen LogP contribution in [0.2, 0.25) is 0 Å². The molecule has 1 spiro atoms. The number of hydrogen-bond acceptors (Lipinski definition) is 4. The van der Waals surface area contributed by atoms with Crippen molar-refractivity contribution < 1.29 is 27.8 Å². The van der Waals surface area contributed by atoms with Crippen molar-refractivity contribution in [3.05, 3.63) is 23.4 Å². The van der Waals surface area contributed by atoms with Crippen molar-refractivity contribution in [1.29, 1.82) is 0 Å². The third kappa shape index (κ3) is 4.09. The van der Waals surface area contributed by atoms with Crippen LogP contribution < -0.4 is 4.74 Å². The third-order valence-corrected chi connectivity index (χ3v) is 6.66. The summed E-state index contributed by atoms with van der Waals surface area (Å²) in [7, 11) is 0. The Labute approximate surface area is 168 Å². The predicted octanol–water partition coefficient (Wildman–Crippen LogP) is 3.72. The molecular formula is C21H27F3N2O3. The number of pyridine rings is 1. The van der Waals surface area contributed by atoms with Gasteiger partial charge in [0.15, 0.2) is 0 Å². The van der Waals surface area contributed by atoms with Crippen LogP contribution in [0.25, 0.3) is 0 Å². The second-order valence-corrected chi connectivity index (χ2v) is 9.42. The summed E-state index contributed by atoms with van der Waals surface area (Å²) >= 11 is 0. The molecule has 0 bridgehead atoms. The van der Waals surface area contributed by atoms with Gasteiger partial charge in [-0.25, -0.2) is 4.98 Å². The lowest BCUT2D eigenvalue weighted by Crippen LogP contribution is -2.63. The fourth-order valence-electron chi connectivity index (χ4n) is 4.99. The molecule has 3 aliphatic rings. The predicted molar refractivity (Wildman–Crippen MR) is 99.2 cm³/mol. The lowest BCUT2D eigenvalue weighted by atomic mass is 9.66. The van der Waals surface area contributed by atoms with Crippen molar-refractivity contribution in [2.75, 3.05) is 13.1 Å². The number of aryl methyl sites for hydroxylation is 1. The van der Waals surface area contributed by atoms with Gasteiger partial charge in [0.2, 0.25) is 11.8 Å². The van der Waals surface area contributed by atoms with Crippen LogP contribution in [0.5, 0.6) is 5.88 Å². The molecule has 0 aromatic carbocycles.